The Morgan fingerprint density at radius 1 is 0.742 bits per heavy atom. The van der Waals surface area contributed by atoms with E-state index in [0.29, 0.717) is 18.6 Å². The number of carbonyl (C=O) groups excluding carboxylic acids is 1. The molecule has 0 bridgehead atoms. The summed E-state index contributed by atoms with van der Waals surface area (Å²) in [6, 6.07) is 17.1. The molecule has 0 aromatic heterocycles. The van der Waals surface area contributed by atoms with Crippen LogP contribution in [-0.4, -0.2) is 51.0 Å². The van der Waals surface area contributed by atoms with Crippen molar-refractivity contribution in [3.8, 4) is 0 Å². The monoisotopic (exact) mass is 422 g/mol. The van der Waals surface area contributed by atoms with Crippen LogP contribution in [0.5, 0.6) is 0 Å². The molecule has 0 atom stereocenters. The third kappa shape index (κ3) is 5.66. The summed E-state index contributed by atoms with van der Waals surface area (Å²) in [6.07, 6.45) is 3.35. The van der Waals surface area contributed by atoms with Crippen LogP contribution in [0.3, 0.4) is 0 Å². The number of benzene rings is 2. The maximum absolute atomic E-state index is 11.1. The number of rotatable bonds is 2. The van der Waals surface area contributed by atoms with Gasteiger partial charge in [-0.25, -0.2) is 0 Å². The molecule has 166 valence electrons. The molecule has 0 radical (unpaired) electrons. The lowest BCUT2D eigenvalue weighted by atomic mass is 10.0. The second kappa shape index (κ2) is 9.84. The molecule has 5 rings (SSSR count). The van der Waals surface area contributed by atoms with Crippen LogP contribution in [0.2, 0.25) is 0 Å². The van der Waals surface area contributed by atoms with Gasteiger partial charge in [-0.2, -0.15) is 0 Å². The SMILES string of the molecule is Cc1cccc(N2CCC(=O)CC2)c1.Cc1cccc(N2CCC3(CC2)OCCO3)c1. The number of ketones is 1. The van der Waals surface area contributed by atoms with Crippen LogP contribution in [0, 0.1) is 13.8 Å². The molecule has 5 heteroatoms. The van der Waals surface area contributed by atoms with Crippen LogP contribution in [0.4, 0.5) is 11.4 Å². The highest BCUT2D eigenvalue weighted by atomic mass is 16.7. The molecule has 3 aliphatic heterocycles. The van der Waals surface area contributed by atoms with Crippen molar-refractivity contribution in [2.45, 2.75) is 45.3 Å². The van der Waals surface area contributed by atoms with Gasteiger partial charge < -0.3 is 19.3 Å². The van der Waals surface area contributed by atoms with Gasteiger partial charge in [0.2, 0.25) is 0 Å². The van der Waals surface area contributed by atoms with Crippen molar-refractivity contribution < 1.29 is 14.3 Å². The Hall–Kier alpha value is -2.37. The molecule has 3 saturated heterocycles. The van der Waals surface area contributed by atoms with Gasteiger partial charge in [0, 0.05) is 63.2 Å². The highest BCUT2D eigenvalue weighted by Gasteiger charge is 2.39. The number of aryl methyl sites for hydroxylation is 2. The van der Waals surface area contributed by atoms with E-state index in [2.05, 4.69) is 72.2 Å². The maximum Gasteiger partial charge on any atom is 0.171 e. The number of anilines is 2. The van der Waals surface area contributed by atoms with Crippen molar-refractivity contribution >= 4 is 17.2 Å². The molecule has 3 aliphatic rings. The predicted octanol–water partition coefficient (Wildman–Crippen LogP) is 4.50. The van der Waals surface area contributed by atoms with E-state index in [0.717, 1.165) is 52.2 Å². The molecule has 0 saturated carbocycles. The number of nitrogens with zero attached hydrogens (tertiary/aromatic N) is 2. The molecule has 0 N–H and O–H groups in total. The van der Waals surface area contributed by atoms with Gasteiger partial charge >= 0.3 is 0 Å². The first-order chi connectivity index (χ1) is 15.0. The van der Waals surface area contributed by atoms with Gasteiger partial charge in [-0.15, -0.1) is 0 Å². The van der Waals surface area contributed by atoms with Crippen LogP contribution in [0.25, 0.3) is 0 Å². The lowest BCUT2D eigenvalue weighted by Gasteiger charge is -2.38. The first kappa shape index (κ1) is 21.8. The van der Waals surface area contributed by atoms with E-state index in [9.17, 15) is 4.79 Å². The molecule has 0 unspecified atom stereocenters. The average molecular weight is 423 g/mol. The summed E-state index contributed by atoms with van der Waals surface area (Å²) in [7, 11) is 0. The third-order valence-corrected chi connectivity index (χ3v) is 6.39. The van der Waals surface area contributed by atoms with E-state index in [4.69, 9.17) is 9.47 Å². The van der Waals surface area contributed by atoms with E-state index in [-0.39, 0.29) is 5.79 Å². The molecule has 1 spiro atoms. The minimum atomic E-state index is -0.264. The summed E-state index contributed by atoms with van der Waals surface area (Å²) in [5.74, 6) is 0.134. The fraction of sp³-hybridized carbons (Fsp3) is 0.500. The van der Waals surface area contributed by atoms with E-state index >= 15 is 0 Å². The van der Waals surface area contributed by atoms with Gasteiger partial charge in [-0.1, -0.05) is 24.3 Å². The zero-order valence-electron chi connectivity index (χ0n) is 18.8. The number of piperidine rings is 2. The van der Waals surface area contributed by atoms with Crippen molar-refractivity contribution in [3.63, 3.8) is 0 Å². The van der Waals surface area contributed by atoms with E-state index in [1.54, 1.807) is 0 Å². The van der Waals surface area contributed by atoms with Crippen LogP contribution >= 0.6 is 0 Å². The topological polar surface area (TPSA) is 42.0 Å². The van der Waals surface area contributed by atoms with Gasteiger partial charge in [0.1, 0.15) is 5.78 Å². The van der Waals surface area contributed by atoms with E-state index in [1.807, 2.05) is 0 Å². The normalized spacial score (nSPS) is 20.5. The van der Waals surface area contributed by atoms with Gasteiger partial charge in [0.15, 0.2) is 5.79 Å². The molecule has 31 heavy (non-hydrogen) atoms. The van der Waals surface area contributed by atoms with Crippen LogP contribution in [0.1, 0.15) is 36.8 Å². The zero-order chi connectivity index (χ0) is 21.7. The van der Waals surface area contributed by atoms with E-state index in [1.165, 1.54) is 22.5 Å². The number of carbonyl (C=O) groups is 1. The fourth-order valence-electron chi connectivity index (χ4n) is 4.55. The fourth-order valence-corrected chi connectivity index (χ4v) is 4.55. The molecule has 3 fully saturated rings. The van der Waals surface area contributed by atoms with Crippen LogP contribution in [0.15, 0.2) is 48.5 Å². The quantitative estimate of drug-likeness (QED) is 0.713. The largest absolute Gasteiger partial charge is 0.371 e. The molecule has 2 aromatic carbocycles. The Bertz CT molecular complexity index is 872. The summed E-state index contributed by atoms with van der Waals surface area (Å²) < 4.78 is 11.5. The number of Topliss-reactive ketones (excluding diaryl/α,β-unsaturated/α-hetero) is 1. The molecule has 0 aliphatic carbocycles. The third-order valence-electron chi connectivity index (χ3n) is 6.39. The van der Waals surface area contributed by atoms with Crippen LogP contribution in [-0.2, 0) is 14.3 Å². The Morgan fingerprint density at radius 3 is 1.71 bits per heavy atom. The summed E-state index contributed by atoms with van der Waals surface area (Å²) >= 11 is 0. The Kier molecular flexibility index (Phi) is 6.93. The first-order valence-corrected chi connectivity index (χ1v) is 11.5. The number of hydrogen-bond donors (Lipinski definition) is 0. The smallest absolute Gasteiger partial charge is 0.171 e. The summed E-state index contributed by atoms with van der Waals surface area (Å²) in [5.41, 5.74) is 5.16. The Balaban J connectivity index is 0.000000152. The van der Waals surface area contributed by atoms with Gasteiger partial charge in [-0.05, 0) is 49.2 Å². The molecule has 0 amide bonds. The average Bonchev–Trinajstić information content (AvgIpc) is 3.23. The highest BCUT2D eigenvalue weighted by molar-refractivity contribution is 5.81. The number of hydrogen-bond acceptors (Lipinski definition) is 5. The summed E-state index contributed by atoms with van der Waals surface area (Å²) in [4.78, 5) is 15.8. The van der Waals surface area contributed by atoms with Crippen molar-refractivity contribution in [1.29, 1.82) is 0 Å². The summed E-state index contributed by atoms with van der Waals surface area (Å²) in [5, 5.41) is 0. The van der Waals surface area contributed by atoms with Crippen molar-refractivity contribution in [2.24, 2.45) is 0 Å². The van der Waals surface area contributed by atoms with Crippen molar-refractivity contribution in [2.75, 3.05) is 49.2 Å². The van der Waals surface area contributed by atoms with Gasteiger partial charge in [-0.3, -0.25) is 4.79 Å². The van der Waals surface area contributed by atoms with Crippen molar-refractivity contribution in [3.05, 3.63) is 59.7 Å². The molecule has 3 heterocycles. The molecule has 2 aromatic rings. The van der Waals surface area contributed by atoms with E-state index < -0.39 is 0 Å². The lowest BCUT2D eigenvalue weighted by molar-refractivity contribution is -0.169. The molecule has 5 nitrogen and oxygen atoms in total. The molecular weight excluding hydrogens is 388 g/mol. The number of ether oxygens (including phenoxy) is 2. The minimum Gasteiger partial charge on any atom is -0.371 e. The predicted molar refractivity (Wildman–Crippen MR) is 125 cm³/mol. The van der Waals surface area contributed by atoms with Gasteiger partial charge in [0.05, 0.1) is 13.2 Å². The Labute approximate surface area is 185 Å². The minimum absolute atomic E-state index is 0.264. The summed E-state index contributed by atoms with van der Waals surface area (Å²) in [6.45, 7) is 9.53. The Morgan fingerprint density at radius 2 is 1.23 bits per heavy atom. The van der Waals surface area contributed by atoms with Crippen molar-refractivity contribution in [1.82, 2.24) is 0 Å². The second-order valence-corrected chi connectivity index (χ2v) is 8.80. The van der Waals surface area contributed by atoms with Crippen LogP contribution < -0.4 is 9.80 Å². The maximum atomic E-state index is 11.1. The second-order valence-electron chi connectivity index (χ2n) is 8.80. The lowest BCUT2D eigenvalue weighted by Crippen LogP contribution is -2.45. The molecular formula is C26H34N2O3. The highest BCUT2D eigenvalue weighted by Crippen LogP contribution is 2.33. The zero-order valence-corrected chi connectivity index (χ0v) is 18.8. The van der Waals surface area contributed by atoms with Gasteiger partial charge in [0.25, 0.3) is 0 Å². The standard InChI is InChI=1S/C14H19NO2.C12H15NO/c1-12-3-2-4-13(11-12)15-7-5-14(6-8-15)16-9-10-17-14;1-10-3-2-4-11(9-10)13-7-5-12(14)6-8-13/h2-4,11H,5-10H2,1H3;2-4,9H,5-8H2,1H3. The first-order valence-electron chi connectivity index (χ1n) is 11.5.